The lowest BCUT2D eigenvalue weighted by Gasteiger charge is -1.98. The van der Waals surface area contributed by atoms with E-state index in [9.17, 15) is 0 Å². The lowest BCUT2D eigenvalue weighted by atomic mass is 10.4. The lowest BCUT2D eigenvalue weighted by Crippen LogP contribution is -2.99. The Balaban J connectivity index is 0.000000120. The first-order valence-electron chi connectivity index (χ1n) is 4.07. The molecular weight excluding hydrogens is 148 g/mol. The van der Waals surface area contributed by atoms with Crippen molar-refractivity contribution >= 4 is 6.34 Å². The molecule has 1 unspecified atom stereocenters. The molecule has 1 fully saturated rings. The van der Waals surface area contributed by atoms with E-state index in [1.807, 2.05) is 12.3 Å². The summed E-state index contributed by atoms with van der Waals surface area (Å²) in [6, 6.07) is 0. The molecule has 0 saturated heterocycles. The Labute approximate surface area is 73.6 Å². The molecule has 1 N–H and O–H groups in total. The molecule has 2 nitrogen and oxygen atoms in total. The van der Waals surface area contributed by atoms with E-state index in [1.54, 1.807) is 12.5 Å². The third-order valence-corrected chi connectivity index (χ3v) is 1.59. The van der Waals surface area contributed by atoms with Crippen LogP contribution < -0.4 is 4.90 Å². The number of rotatable bonds is 1. The normalized spacial score (nSPS) is 24.2. The summed E-state index contributed by atoms with van der Waals surface area (Å²) in [6.07, 6.45) is 10.1. The Kier molecular flexibility index (Phi) is 3.52. The van der Waals surface area contributed by atoms with E-state index in [-0.39, 0.29) is 0 Å². The van der Waals surface area contributed by atoms with Crippen LogP contribution in [-0.4, -0.2) is 6.34 Å². The van der Waals surface area contributed by atoms with E-state index in [2.05, 4.69) is 24.4 Å². The number of hydrogen-bond acceptors (Lipinski definition) is 1. The van der Waals surface area contributed by atoms with E-state index in [0.717, 1.165) is 10.8 Å². The zero-order valence-electron chi connectivity index (χ0n) is 7.16. The third kappa shape index (κ3) is 3.91. The summed E-state index contributed by atoms with van der Waals surface area (Å²) in [5.74, 6) is 0.850. The second-order valence-corrected chi connectivity index (χ2v) is 2.88. The van der Waals surface area contributed by atoms with Crippen molar-refractivity contribution in [2.45, 2.75) is 12.8 Å². The van der Waals surface area contributed by atoms with Gasteiger partial charge in [0.25, 0.3) is 0 Å². The average Bonchev–Trinajstić information content (AvgIpc) is 2.74. The van der Waals surface area contributed by atoms with Crippen molar-refractivity contribution in [1.82, 2.24) is 0 Å². The lowest BCUT2D eigenvalue weighted by molar-refractivity contribution is -0.679. The highest BCUT2D eigenvalue weighted by Crippen LogP contribution is 2.29. The van der Waals surface area contributed by atoms with Crippen molar-refractivity contribution in [3.05, 3.63) is 37.8 Å². The van der Waals surface area contributed by atoms with Crippen LogP contribution in [0.3, 0.4) is 0 Å². The molecule has 2 rings (SSSR count). The van der Waals surface area contributed by atoms with Gasteiger partial charge in [-0.25, -0.2) is 4.99 Å². The number of allylic oxidation sites excluding steroid dienone is 1. The molecule has 64 valence electrons. The minimum Gasteiger partial charge on any atom is -0.397 e. The van der Waals surface area contributed by atoms with E-state index in [4.69, 9.17) is 0 Å². The van der Waals surface area contributed by atoms with Crippen LogP contribution in [0.25, 0.3) is 0 Å². The SMILES string of the molecule is C=C=CC1CC1.[CH2-][NH+]1C=CN=C1. The number of quaternary nitrogens is 1. The smallest absolute Gasteiger partial charge is 0.166 e. The fourth-order valence-electron chi connectivity index (χ4n) is 0.750. The van der Waals surface area contributed by atoms with Gasteiger partial charge in [-0.15, -0.1) is 12.8 Å². The summed E-state index contributed by atoms with van der Waals surface area (Å²) in [6.45, 7) is 3.46. The summed E-state index contributed by atoms with van der Waals surface area (Å²) < 4.78 is 0. The molecule has 12 heavy (non-hydrogen) atoms. The molecule has 2 heteroatoms. The van der Waals surface area contributed by atoms with E-state index in [0.29, 0.717) is 0 Å². The fraction of sp³-hybridized carbons (Fsp3) is 0.300. The molecule has 1 aliphatic heterocycles. The maximum Gasteiger partial charge on any atom is 0.166 e. The van der Waals surface area contributed by atoms with Gasteiger partial charge in [-0.1, -0.05) is 6.58 Å². The minimum absolute atomic E-state index is 0.850. The molecule has 1 saturated carbocycles. The van der Waals surface area contributed by atoms with Crippen LogP contribution in [0.1, 0.15) is 12.8 Å². The summed E-state index contributed by atoms with van der Waals surface area (Å²) in [5, 5.41) is 0. The van der Waals surface area contributed by atoms with Gasteiger partial charge in [0.1, 0.15) is 0 Å². The van der Waals surface area contributed by atoms with Crippen molar-refractivity contribution in [3.8, 4) is 0 Å². The monoisotopic (exact) mass is 162 g/mol. The summed E-state index contributed by atoms with van der Waals surface area (Å²) in [4.78, 5) is 4.74. The highest BCUT2D eigenvalue weighted by atomic mass is 15.1. The Morgan fingerprint density at radius 1 is 1.67 bits per heavy atom. The van der Waals surface area contributed by atoms with Gasteiger partial charge in [-0.05, 0) is 24.8 Å². The molecule has 0 radical (unpaired) electrons. The van der Waals surface area contributed by atoms with Gasteiger partial charge in [-0.2, -0.15) is 0 Å². The predicted molar refractivity (Wildman–Crippen MR) is 50.4 cm³/mol. The van der Waals surface area contributed by atoms with Gasteiger partial charge < -0.3 is 4.90 Å². The molecule has 0 bridgehead atoms. The predicted octanol–water partition coefficient (Wildman–Crippen LogP) is 0.913. The number of nitrogens with one attached hydrogen (secondary N) is 1. The number of aliphatic imine (C=N–C) groups is 1. The first kappa shape index (κ1) is 8.98. The molecule has 1 atom stereocenters. The van der Waals surface area contributed by atoms with Crippen molar-refractivity contribution in [2.24, 2.45) is 10.9 Å². The van der Waals surface area contributed by atoms with Crippen LogP contribution in [0.4, 0.5) is 0 Å². The molecule has 0 spiro atoms. The van der Waals surface area contributed by atoms with Crippen molar-refractivity contribution in [3.63, 3.8) is 0 Å². The van der Waals surface area contributed by atoms with Crippen molar-refractivity contribution < 1.29 is 4.90 Å². The van der Waals surface area contributed by atoms with Gasteiger partial charge in [-0.3, -0.25) is 0 Å². The standard InChI is InChI=1S/C6H8.C4H6N2/c1-2-3-6-4-5-6;1-6-3-2-5-4-6/h3,6H,1,4-5H2;2-4,6H,1H2. The largest absolute Gasteiger partial charge is 0.397 e. The van der Waals surface area contributed by atoms with E-state index in [1.165, 1.54) is 12.8 Å². The van der Waals surface area contributed by atoms with Gasteiger partial charge in [0.2, 0.25) is 0 Å². The van der Waals surface area contributed by atoms with Crippen molar-refractivity contribution in [1.29, 1.82) is 0 Å². The number of nitrogens with zero attached hydrogens (tertiary/aromatic N) is 1. The maximum atomic E-state index is 3.76. The van der Waals surface area contributed by atoms with Gasteiger partial charge in [0.15, 0.2) is 6.34 Å². The van der Waals surface area contributed by atoms with Gasteiger partial charge in [0, 0.05) is 0 Å². The molecule has 1 aliphatic carbocycles. The van der Waals surface area contributed by atoms with Gasteiger partial charge in [0.05, 0.1) is 12.4 Å². The zero-order valence-corrected chi connectivity index (χ0v) is 7.16. The van der Waals surface area contributed by atoms with Crippen LogP contribution in [-0.2, 0) is 0 Å². The fourth-order valence-corrected chi connectivity index (χ4v) is 0.750. The van der Waals surface area contributed by atoms with Crippen LogP contribution in [0.15, 0.2) is 35.8 Å². The average molecular weight is 162 g/mol. The second kappa shape index (κ2) is 4.70. The van der Waals surface area contributed by atoms with E-state index < -0.39 is 0 Å². The molecule has 0 amide bonds. The third-order valence-electron chi connectivity index (χ3n) is 1.59. The first-order chi connectivity index (χ1) is 5.83. The van der Waals surface area contributed by atoms with Crippen LogP contribution in [0.5, 0.6) is 0 Å². The van der Waals surface area contributed by atoms with Crippen LogP contribution in [0.2, 0.25) is 0 Å². The Hall–Kier alpha value is -1.11. The number of hydrogen-bond donors (Lipinski definition) is 1. The zero-order chi connectivity index (χ0) is 8.81. The first-order valence-corrected chi connectivity index (χ1v) is 4.07. The van der Waals surface area contributed by atoms with Crippen LogP contribution in [0, 0.1) is 13.0 Å². The molecule has 1 heterocycles. The maximum absolute atomic E-state index is 3.76. The Morgan fingerprint density at radius 2 is 2.42 bits per heavy atom. The Morgan fingerprint density at radius 3 is 2.58 bits per heavy atom. The molecular formula is C10H14N2. The summed E-state index contributed by atoms with van der Waals surface area (Å²) in [7, 11) is 3.62. The molecule has 0 aromatic carbocycles. The van der Waals surface area contributed by atoms with E-state index >= 15 is 0 Å². The van der Waals surface area contributed by atoms with Crippen LogP contribution >= 0.6 is 0 Å². The van der Waals surface area contributed by atoms with Gasteiger partial charge >= 0.3 is 0 Å². The summed E-state index contributed by atoms with van der Waals surface area (Å²) in [5.41, 5.74) is 2.75. The second-order valence-electron chi connectivity index (χ2n) is 2.88. The summed E-state index contributed by atoms with van der Waals surface area (Å²) >= 11 is 0. The topological polar surface area (TPSA) is 16.8 Å². The highest BCUT2D eigenvalue weighted by Gasteiger charge is 2.16. The molecule has 2 aliphatic rings. The van der Waals surface area contributed by atoms with Crippen molar-refractivity contribution in [2.75, 3.05) is 0 Å². The Bertz CT molecular complexity index is 218. The molecule has 0 aromatic heterocycles. The quantitative estimate of drug-likeness (QED) is 0.436. The highest BCUT2D eigenvalue weighted by molar-refractivity contribution is 5.47. The molecule has 0 aromatic rings. The minimum atomic E-state index is 0.850.